The van der Waals surface area contributed by atoms with E-state index < -0.39 is 11.9 Å². The van der Waals surface area contributed by atoms with Crippen molar-refractivity contribution in [3.05, 3.63) is 0 Å². The van der Waals surface area contributed by atoms with Crippen molar-refractivity contribution < 1.29 is 19.1 Å². The van der Waals surface area contributed by atoms with Crippen LogP contribution in [0.25, 0.3) is 0 Å². The first-order chi connectivity index (χ1) is 6.20. The Morgan fingerprint density at radius 2 is 1.77 bits per heavy atom. The second kappa shape index (κ2) is 7.73. The Kier molecular flexibility index (Phi) is 7.20. The molecule has 0 bridgehead atoms. The van der Waals surface area contributed by atoms with Crippen LogP contribution in [0.15, 0.2) is 0 Å². The second-order valence-corrected chi connectivity index (χ2v) is 2.65. The van der Waals surface area contributed by atoms with Gasteiger partial charge in [-0.1, -0.05) is 13.8 Å². The molecule has 0 fully saturated rings. The van der Waals surface area contributed by atoms with Crippen LogP contribution >= 0.6 is 0 Å². The molecule has 0 saturated carbocycles. The van der Waals surface area contributed by atoms with Crippen molar-refractivity contribution in [1.29, 1.82) is 0 Å². The predicted octanol–water partition coefficient (Wildman–Crippen LogP) is 1.28. The highest BCUT2D eigenvalue weighted by molar-refractivity contribution is 5.85. The largest absolute Gasteiger partial charge is 0.391 e. The molecule has 4 heteroatoms. The third-order valence-corrected chi connectivity index (χ3v) is 1.25. The minimum atomic E-state index is -0.605. The van der Waals surface area contributed by atoms with Crippen molar-refractivity contribution in [2.75, 3.05) is 13.2 Å². The zero-order valence-electron chi connectivity index (χ0n) is 8.17. The first-order valence-electron chi connectivity index (χ1n) is 4.52. The highest BCUT2D eigenvalue weighted by Crippen LogP contribution is 1.92. The fraction of sp³-hybridized carbons (Fsp3) is 0.778. The maximum Gasteiger partial charge on any atom is 0.339 e. The molecule has 0 amide bonds. The van der Waals surface area contributed by atoms with Gasteiger partial charge in [0.05, 0.1) is 0 Å². The Hall–Kier alpha value is -0.900. The van der Waals surface area contributed by atoms with E-state index in [2.05, 4.69) is 4.74 Å². The van der Waals surface area contributed by atoms with Crippen LogP contribution in [0.2, 0.25) is 0 Å². The van der Waals surface area contributed by atoms with Crippen LogP contribution < -0.4 is 0 Å². The number of hydrogen-bond acceptors (Lipinski definition) is 4. The fourth-order valence-corrected chi connectivity index (χ4v) is 0.711. The van der Waals surface area contributed by atoms with E-state index in [-0.39, 0.29) is 13.0 Å². The zero-order chi connectivity index (χ0) is 10.1. The number of esters is 2. The van der Waals surface area contributed by atoms with Gasteiger partial charge in [0.1, 0.15) is 6.61 Å². The van der Waals surface area contributed by atoms with E-state index in [0.29, 0.717) is 13.0 Å². The molecule has 0 aromatic heterocycles. The first-order valence-corrected chi connectivity index (χ1v) is 4.52. The third-order valence-electron chi connectivity index (χ3n) is 1.25. The topological polar surface area (TPSA) is 52.6 Å². The molecule has 0 atom stereocenters. The molecule has 0 aromatic carbocycles. The molecule has 13 heavy (non-hydrogen) atoms. The van der Waals surface area contributed by atoms with E-state index in [0.717, 1.165) is 6.42 Å². The summed E-state index contributed by atoms with van der Waals surface area (Å²) in [7, 11) is 0. The Bertz CT molecular complexity index is 165. The van der Waals surface area contributed by atoms with Gasteiger partial charge < -0.3 is 9.47 Å². The maximum atomic E-state index is 10.8. The SMILES string of the molecule is CCCOCC(=O)OC(=O)CCC. The van der Waals surface area contributed by atoms with Crippen LogP contribution in [0.3, 0.4) is 0 Å². The van der Waals surface area contributed by atoms with Crippen molar-refractivity contribution in [3.63, 3.8) is 0 Å². The molecule has 0 rings (SSSR count). The summed E-state index contributed by atoms with van der Waals surface area (Å²) in [6.07, 6.45) is 1.80. The number of rotatable bonds is 6. The smallest absolute Gasteiger partial charge is 0.339 e. The third kappa shape index (κ3) is 7.46. The normalized spacial score (nSPS) is 9.69. The molecule has 0 heterocycles. The van der Waals surface area contributed by atoms with Crippen LogP contribution in [0, 0.1) is 0 Å². The van der Waals surface area contributed by atoms with Gasteiger partial charge in [-0.25, -0.2) is 4.79 Å². The summed E-state index contributed by atoms with van der Waals surface area (Å²) in [5.41, 5.74) is 0. The molecule has 0 spiro atoms. The molecule has 0 aromatic rings. The van der Waals surface area contributed by atoms with Gasteiger partial charge >= 0.3 is 11.9 Å². The number of carbonyl (C=O) groups is 2. The van der Waals surface area contributed by atoms with E-state index in [9.17, 15) is 9.59 Å². The first kappa shape index (κ1) is 12.1. The van der Waals surface area contributed by atoms with Gasteiger partial charge in [-0.3, -0.25) is 4.79 Å². The molecule has 0 saturated heterocycles. The number of hydrogen-bond donors (Lipinski definition) is 0. The lowest BCUT2D eigenvalue weighted by molar-refractivity contribution is -0.162. The molecule has 0 aliphatic carbocycles. The molecular formula is C9H16O4. The van der Waals surface area contributed by atoms with Crippen LogP contribution in [-0.4, -0.2) is 25.2 Å². The second-order valence-electron chi connectivity index (χ2n) is 2.65. The minimum Gasteiger partial charge on any atom is -0.391 e. The van der Waals surface area contributed by atoms with Crippen molar-refractivity contribution in [3.8, 4) is 0 Å². The van der Waals surface area contributed by atoms with Gasteiger partial charge in [0, 0.05) is 13.0 Å². The summed E-state index contributed by atoms with van der Waals surface area (Å²) >= 11 is 0. The zero-order valence-corrected chi connectivity index (χ0v) is 8.17. The molecule has 0 N–H and O–H groups in total. The molecule has 0 aliphatic rings. The van der Waals surface area contributed by atoms with E-state index in [1.165, 1.54) is 0 Å². The number of carbonyl (C=O) groups excluding carboxylic acids is 2. The van der Waals surface area contributed by atoms with Gasteiger partial charge in [-0.15, -0.1) is 0 Å². The van der Waals surface area contributed by atoms with E-state index in [1.54, 1.807) is 0 Å². The van der Waals surface area contributed by atoms with Crippen LogP contribution in [0.1, 0.15) is 33.1 Å². The van der Waals surface area contributed by atoms with Crippen LogP contribution in [0.4, 0.5) is 0 Å². The quantitative estimate of drug-likeness (QED) is 0.358. The van der Waals surface area contributed by atoms with E-state index in [1.807, 2.05) is 13.8 Å². The van der Waals surface area contributed by atoms with Crippen LogP contribution in [0.5, 0.6) is 0 Å². The van der Waals surface area contributed by atoms with Crippen molar-refractivity contribution >= 4 is 11.9 Å². The van der Waals surface area contributed by atoms with Crippen molar-refractivity contribution in [1.82, 2.24) is 0 Å². The van der Waals surface area contributed by atoms with Crippen molar-refractivity contribution in [2.45, 2.75) is 33.1 Å². The highest BCUT2D eigenvalue weighted by atomic mass is 16.6. The summed E-state index contributed by atoms with van der Waals surface area (Å²) in [5, 5.41) is 0. The Balaban J connectivity index is 3.44. The lowest BCUT2D eigenvalue weighted by Gasteiger charge is -2.02. The Morgan fingerprint density at radius 3 is 2.31 bits per heavy atom. The monoisotopic (exact) mass is 188 g/mol. The van der Waals surface area contributed by atoms with Crippen LogP contribution in [-0.2, 0) is 19.1 Å². The Labute approximate surface area is 78.2 Å². The van der Waals surface area contributed by atoms with Gasteiger partial charge in [0.25, 0.3) is 0 Å². The molecule has 4 nitrogen and oxygen atoms in total. The standard InChI is InChI=1S/C9H16O4/c1-3-5-8(10)13-9(11)7-12-6-4-2/h3-7H2,1-2H3. The molecule has 76 valence electrons. The summed E-state index contributed by atoms with van der Waals surface area (Å²) in [6.45, 7) is 4.16. The lowest BCUT2D eigenvalue weighted by Crippen LogP contribution is -2.17. The van der Waals surface area contributed by atoms with Gasteiger partial charge in [-0.2, -0.15) is 0 Å². The van der Waals surface area contributed by atoms with Gasteiger partial charge in [0.15, 0.2) is 0 Å². The fourth-order valence-electron chi connectivity index (χ4n) is 0.711. The van der Waals surface area contributed by atoms with Gasteiger partial charge in [0.2, 0.25) is 0 Å². The number of ether oxygens (including phenoxy) is 2. The van der Waals surface area contributed by atoms with Gasteiger partial charge in [-0.05, 0) is 12.8 Å². The average molecular weight is 188 g/mol. The molecule has 0 radical (unpaired) electrons. The van der Waals surface area contributed by atoms with Crippen molar-refractivity contribution in [2.24, 2.45) is 0 Å². The molecule has 0 unspecified atom stereocenters. The van der Waals surface area contributed by atoms with E-state index in [4.69, 9.17) is 4.74 Å². The maximum absolute atomic E-state index is 10.8. The lowest BCUT2D eigenvalue weighted by atomic mass is 10.3. The molecular weight excluding hydrogens is 172 g/mol. The molecule has 0 aliphatic heterocycles. The summed E-state index contributed by atoms with van der Waals surface area (Å²) < 4.78 is 9.33. The minimum absolute atomic E-state index is 0.136. The summed E-state index contributed by atoms with van der Waals surface area (Å²) in [4.78, 5) is 21.6. The Morgan fingerprint density at radius 1 is 1.08 bits per heavy atom. The summed E-state index contributed by atoms with van der Waals surface area (Å²) in [5.74, 6) is -1.08. The highest BCUT2D eigenvalue weighted by Gasteiger charge is 2.08. The predicted molar refractivity (Wildman–Crippen MR) is 47.1 cm³/mol. The van der Waals surface area contributed by atoms with E-state index >= 15 is 0 Å². The average Bonchev–Trinajstić information content (AvgIpc) is 2.05. The summed E-state index contributed by atoms with van der Waals surface area (Å²) in [6, 6.07) is 0.